The number of hydrogen-bond acceptors (Lipinski definition) is 5. The Morgan fingerprint density at radius 2 is 2.59 bits per heavy atom. The van der Waals surface area contributed by atoms with E-state index in [9.17, 15) is 4.79 Å². The zero-order valence-corrected chi connectivity index (χ0v) is 9.98. The summed E-state index contributed by atoms with van der Waals surface area (Å²) in [4.78, 5) is 11.1. The predicted molar refractivity (Wildman–Crippen MR) is 62.2 cm³/mol. The number of rotatable bonds is 4. The van der Waals surface area contributed by atoms with E-state index in [-0.39, 0.29) is 5.97 Å². The molecule has 2 heterocycles. The largest absolute Gasteiger partial charge is 0.468 e. The van der Waals surface area contributed by atoms with Crippen LogP contribution in [0.15, 0.2) is 6.20 Å². The minimum Gasteiger partial charge on any atom is -0.468 e. The third kappa shape index (κ3) is 2.83. The molecule has 2 rings (SSSR count). The van der Waals surface area contributed by atoms with E-state index in [0.717, 1.165) is 25.2 Å². The molecule has 1 aliphatic heterocycles. The van der Waals surface area contributed by atoms with Crippen LogP contribution in [-0.2, 0) is 29.0 Å². The van der Waals surface area contributed by atoms with Gasteiger partial charge in [0.1, 0.15) is 6.04 Å². The minimum absolute atomic E-state index is 0.372. The number of ether oxygens (including phenoxy) is 1. The summed E-state index contributed by atoms with van der Waals surface area (Å²) in [7, 11) is 1.35. The quantitative estimate of drug-likeness (QED) is 0.686. The van der Waals surface area contributed by atoms with Crippen LogP contribution in [0.25, 0.3) is 0 Å². The summed E-state index contributed by atoms with van der Waals surface area (Å²) in [5, 5.41) is 7.77. The van der Waals surface area contributed by atoms with Gasteiger partial charge in [-0.2, -0.15) is 5.10 Å². The zero-order chi connectivity index (χ0) is 12.3. The molecule has 0 radical (unpaired) electrons. The Hall–Kier alpha value is -1.40. The number of fused-ring (bicyclic) bond motifs is 1. The van der Waals surface area contributed by atoms with Gasteiger partial charge in [-0.25, -0.2) is 0 Å². The van der Waals surface area contributed by atoms with Crippen molar-refractivity contribution in [3.63, 3.8) is 0 Å². The van der Waals surface area contributed by atoms with Gasteiger partial charge in [-0.15, -0.1) is 0 Å². The van der Waals surface area contributed by atoms with E-state index in [1.54, 1.807) is 0 Å². The molecule has 0 saturated heterocycles. The zero-order valence-electron chi connectivity index (χ0n) is 9.98. The molecule has 0 fully saturated rings. The normalized spacial score (nSPS) is 16.4. The molecule has 3 N–H and O–H groups in total. The number of nitrogens with one attached hydrogen (secondary N) is 1. The number of hydrogen-bond donors (Lipinski definition) is 2. The lowest BCUT2D eigenvalue weighted by molar-refractivity contribution is -0.142. The van der Waals surface area contributed by atoms with Crippen LogP contribution in [0.2, 0.25) is 0 Å². The van der Waals surface area contributed by atoms with Gasteiger partial charge in [0, 0.05) is 37.8 Å². The van der Waals surface area contributed by atoms with Crippen molar-refractivity contribution in [3.8, 4) is 0 Å². The Kier molecular flexibility index (Phi) is 3.75. The number of aromatic nitrogens is 2. The smallest absolute Gasteiger partial charge is 0.322 e. The Morgan fingerprint density at radius 3 is 3.29 bits per heavy atom. The lowest BCUT2D eigenvalue weighted by Gasteiger charge is -2.09. The van der Waals surface area contributed by atoms with Crippen molar-refractivity contribution >= 4 is 5.97 Å². The van der Waals surface area contributed by atoms with Crippen LogP contribution in [-0.4, -0.2) is 35.4 Å². The van der Waals surface area contributed by atoms with E-state index in [2.05, 4.69) is 15.2 Å². The van der Waals surface area contributed by atoms with E-state index in [1.807, 2.05) is 10.9 Å². The van der Waals surface area contributed by atoms with Gasteiger partial charge in [-0.3, -0.25) is 9.48 Å². The molecule has 6 nitrogen and oxygen atoms in total. The summed E-state index contributed by atoms with van der Waals surface area (Å²) in [5.41, 5.74) is 8.06. The molecule has 1 aromatic heterocycles. The number of aryl methyl sites for hydroxylation is 1. The van der Waals surface area contributed by atoms with Crippen molar-refractivity contribution in [2.75, 3.05) is 13.7 Å². The van der Waals surface area contributed by atoms with E-state index in [4.69, 9.17) is 5.73 Å². The highest BCUT2D eigenvalue weighted by Crippen LogP contribution is 2.11. The summed E-state index contributed by atoms with van der Waals surface area (Å²) in [6.45, 7) is 2.49. The number of carbonyl (C=O) groups is 1. The molecule has 94 valence electrons. The molecule has 1 aromatic rings. The Morgan fingerprint density at radius 1 is 1.76 bits per heavy atom. The third-order valence-corrected chi connectivity index (χ3v) is 2.95. The van der Waals surface area contributed by atoms with Crippen LogP contribution < -0.4 is 11.1 Å². The Bertz CT molecular complexity index is 379. The van der Waals surface area contributed by atoms with Gasteiger partial charge >= 0.3 is 5.97 Å². The van der Waals surface area contributed by atoms with Crippen LogP contribution >= 0.6 is 0 Å². The fourth-order valence-electron chi connectivity index (χ4n) is 1.95. The van der Waals surface area contributed by atoms with Crippen LogP contribution in [0.1, 0.15) is 17.7 Å². The third-order valence-electron chi connectivity index (χ3n) is 2.95. The van der Waals surface area contributed by atoms with Gasteiger partial charge in [0.2, 0.25) is 0 Å². The van der Waals surface area contributed by atoms with E-state index >= 15 is 0 Å². The lowest BCUT2D eigenvalue weighted by atomic mass is 10.1. The van der Waals surface area contributed by atoms with Crippen molar-refractivity contribution in [2.45, 2.75) is 32.0 Å². The lowest BCUT2D eigenvalue weighted by Crippen LogP contribution is -2.32. The van der Waals surface area contributed by atoms with Crippen molar-refractivity contribution in [1.29, 1.82) is 0 Å². The summed E-state index contributed by atoms with van der Waals surface area (Å²) in [6, 6.07) is -0.570. The maximum Gasteiger partial charge on any atom is 0.322 e. The molecular formula is C11H18N4O2. The SMILES string of the molecule is COC(=O)C(N)CCn1cc2c(n1)CCNC2. The Balaban J connectivity index is 1.91. The van der Waals surface area contributed by atoms with Crippen LogP contribution in [0, 0.1) is 0 Å². The summed E-state index contributed by atoms with van der Waals surface area (Å²) < 4.78 is 6.44. The Labute approximate surface area is 100 Å². The molecule has 1 aliphatic rings. The van der Waals surface area contributed by atoms with Gasteiger partial charge in [0.05, 0.1) is 12.8 Å². The molecule has 0 saturated carbocycles. The average Bonchev–Trinajstić information content (AvgIpc) is 2.77. The molecule has 0 amide bonds. The summed E-state index contributed by atoms with van der Waals surface area (Å²) in [6.07, 6.45) is 3.53. The number of carbonyl (C=O) groups excluding carboxylic acids is 1. The predicted octanol–water partition coefficient (Wildman–Crippen LogP) is -0.581. The van der Waals surface area contributed by atoms with Crippen molar-refractivity contribution in [1.82, 2.24) is 15.1 Å². The molecular weight excluding hydrogens is 220 g/mol. The highest BCUT2D eigenvalue weighted by Gasteiger charge is 2.16. The van der Waals surface area contributed by atoms with Crippen molar-refractivity contribution in [3.05, 3.63) is 17.5 Å². The van der Waals surface area contributed by atoms with Gasteiger partial charge in [0.15, 0.2) is 0 Å². The molecule has 6 heteroatoms. The number of nitrogens with two attached hydrogens (primary N) is 1. The van der Waals surface area contributed by atoms with E-state index < -0.39 is 6.04 Å². The first-order chi connectivity index (χ1) is 8.20. The monoisotopic (exact) mass is 238 g/mol. The maximum absolute atomic E-state index is 11.1. The van der Waals surface area contributed by atoms with Crippen molar-refractivity contribution < 1.29 is 9.53 Å². The van der Waals surface area contributed by atoms with Gasteiger partial charge in [-0.05, 0) is 6.42 Å². The van der Waals surface area contributed by atoms with Crippen LogP contribution in [0.5, 0.6) is 0 Å². The fraction of sp³-hybridized carbons (Fsp3) is 0.636. The molecule has 1 unspecified atom stereocenters. The highest BCUT2D eigenvalue weighted by molar-refractivity contribution is 5.75. The van der Waals surface area contributed by atoms with Crippen molar-refractivity contribution in [2.24, 2.45) is 5.73 Å². The molecule has 17 heavy (non-hydrogen) atoms. The molecule has 0 bridgehead atoms. The first-order valence-corrected chi connectivity index (χ1v) is 5.80. The molecule has 1 atom stereocenters. The number of esters is 1. The second-order valence-corrected chi connectivity index (χ2v) is 4.21. The highest BCUT2D eigenvalue weighted by atomic mass is 16.5. The van der Waals surface area contributed by atoms with Gasteiger partial charge in [-0.1, -0.05) is 0 Å². The summed E-state index contributed by atoms with van der Waals surface area (Å²) >= 11 is 0. The fourth-order valence-corrected chi connectivity index (χ4v) is 1.95. The summed E-state index contributed by atoms with van der Waals surface area (Å²) in [5.74, 6) is -0.372. The van der Waals surface area contributed by atoms with E-state index in [1.165, 1.54) is 12.7 Å². The maximum atomic E-state index is 11.1. The topological polar surface area (TPSA) is 82.2 Å². The molecule has 0 spiro atoms. The second-order valence-electron chi connectivity index (χ2n) is 4.21. The average molecular weight is 238 g/mol. The first-order valence-electron chi connectivity index (χ1n) is 5.80. The molecule has 0 aromatic carbocycles. The van der Waals surface area contributed by atoms with Gasteiger partial charge in [0.25, 0.3) is 0 Å². The second kappa shape index (κ2) is 5.29. The number of nitrogens with zero attached hydrogens (tertiary/aromatic N) is 2. The molecule has 0 aliphatic carbocycles. The minimum atomic E-state index is -0.570. The van der Waals surface area contributed by atoms with E-state index in [0.29, 0.717) is 13.0 Å². The van der Waals surface area contributed by atoms with Crippen LogP contribution in [0.3, 0.4) is 0 Å². The van der Waals surface area contributed by atoms with Gasteiger partial charge < -0.3 is 15.8 Å². The number of methoxy groups -OCH3 is 1. The first kappa shape index (κ1) is 12.1. The van der Waals surface area contributed by atoms with Crippen LogP contribution in [0.4, 0.5) is 0 Å². The standard InChI is InChI=1S/C11H18N4O2/c1-17-11(16)9(12)3-5-15-7-8-6-13-4-2-10(8)14-15/h7,9,13H,2-6,12H2,1H3.